The molecule has 3 heterocycles. The molecule has 6 nitrogen and oxygen atoms in total. The van der Waals surface area contributed by atoms with Crippen LogP contribution in [0.25, 0.3) is 0 Å². The van der Waals surface area contributed by atoms with E-state index < -0.39 is 0 Å². The van der Waals surface area contributed by atoms with Crippen LogP contribution in [0.5, 0.6) is 0 Å². The lowest BCUT2D eigenvalue weighted by Crippen LogP contribution is -2.44. The summed E-state index contributed by atoms with van der Waals surface area (Å²) in [6.07, 6.45) is 3.56. The molecule has 1 fully saturated rings. The van der Waals surface area contributed by atoms with E-state index in [-0.39, 0.29) is 17.7 Å². The fraction of sp³-hybridized carbons (Fsp3) is 0.750. The second kappa shape index (κ2) is 6.79. The Morgan fingerprint density at radius 3 is 2.95 bits per heavy atom. The summed E-state index contributed by atoms with van der Waals surface area (Å²) in [5.74, 6) is 0.582. The lowest BCUT2D eigenvalue weighted by Gasteiger charge is -2.36. The standard InChI is InChI=1S/C16H25N3O3/c1-3-21-11-14-10-19(9-13-8-17-18(2)15(13)14)16(20)12-4-6-22-7-5-12/h8,12,14H,3-7,9-11H2,1-2H3/t14-/m1/s1. The van der Waals surface area contributed by atoms with Crippen molar-refractivity contribution < 1.29 is 14.3 Å². The first kappa shape index (κ1) is 15.5. The van der Waals surface area contributed by atoms with Crippen LogP contribution in [-0.2, 0) is 27.9 Å². The first-order chi connectivity index (χ1) is 10.7. The van der Waals surface area contributed by atoms with E-state index in [1.165, 1.54) is 5.69 Å². The van der Waals surface area contributed by atoms with Gasteiger partial charge in [0.2, 0.25) is 5.91 Å². The number of amides is 1. The first-order valence-electron chi connectivity index (χ1n) is 8.15. The molecule has 6 heteroatoms. The third kappa shape index (κ3) is 3.03. The predicted molar refractivity (Wildman–Crippen MR) is 81.4 cm³/mol. The van der Waals surface area contributed by atoms with E-state index in [4.69, 9.17) is 9.47 Å². The molecule has 22 heavy (non-hydrogen) atoms. The van der Waals surface area contributed by atoms with E-state index in [0.29, 0.717) is 33.0 Å². The number of carbonyl (C=O) groups is 1. The second-order valence-electron chi connectivity index (χ2n) is 6.14. The van der Waals surface area contributed by atoms with Crippen LogP contribution in [0.4, 0.5) is 0 Å². The van der Waals surface area contributed by atoms with Crippen LogP contribution in [0.3, 0.4) is 0 Å². The summed E-state index contributed by atoms with van der Waals surface area (Å²) < 4.78 is 12.9. The van der Waals surface area contributed by atoms with Gasteiger partial charge in [0, 0.05) is 57.4 Å². The van der Waals surface area contributed by atoms with E-state index in [0.717, 1.165) is 24.9 Å². The van der Waals surface area contributed by atoms with E-state index >= 15 is 0 Å². The van der Waals surface area contributed by atoms with Gasteiger partial charge in [0.1, 0.15) is 0 Å². The van der Waals surface area contributed by atoms with Crippen molar-refractivity contribution in [1.82, 2.24) is 14.7 Å². The van der Waals surface area contributed by atoms with Gasteiger partial charge in [-0.05, 0) is 19.8 Å². The summed E-state index contributed by atoms with van der Waals surface area (Å²) >= 11 is 0. The Morgan fingerprint density at radius 1 is 1.45 bits per heavy atom. The van der Waals surface area contributed by atoms with Crippen molar-refractivity contribution in [1.29, 1.82) is 0 Å². The Kier molecular flexibility index (Phi) is 4.78. The number of aromatic nitrogens is 2. The van der Waals surface area contributed by atoms with Gasteiger partial charge >= 0.3 is 0 Å². The molecule has 2 aliphatic heterocycles. The molecular formula is C16H25N3O3. The number of rotatable bonds is 4. The maximum atomic E-state index is 12.8. The fourth-order valence-corrected chi connectivity index (χ4v) is 3.53. The average Bonchev–Trinajstić information content (AvgIpc) is 2.94. The zero-order valence-electron chi connectivity index (χ0n) is 13.5. The monoisotopic (exact) mass is 307 g/mol. The zero-order chi connectivity index (χ0) is 15.5. The molecule has 3 rings (SSSR count). The van der Waals surface area contributed by atoms with Crippen LogP contribution in [0.15, 0.2) is 6.20 Å². The van der Waals surface area contributed by atoms with Crippen LogP contribution < -0.4 is 0 Å². The summed E-state index contributed by atoms with van der Waals surface area (Å²) in [5, 5.41) is 4.37. The number of nitrogens with zero attached hydrogens (tertiary/aromatic N) is 3. The van der Waals surface area contributed by atoms with Crippen molar-refractivity contribution in [2.45, 2.75) is 32.2 Å². The molecule has 0 N–H and O–H groups in total. The minimum Gasteiger partial charge on any atom is -0.381 e. The molecule has 1 saturated heterocycles. The van der Waals surface area contributed by atoms with Crippen molar-refractivity contribution in [2.24, 2.45) is 13.0 Å². The third-order valence-electron chi connectivity index (χ3n) is 4.66. The van der Waals surface area contributed by atoms with Crippen LogP contribution in [0, 0.1) is 5.92 Å². The summed E-state index contributed by atoms with van der Waals surface area (Å²) in [6, 6.07) is 0. The minimum atomic E-state index is 0.111. The van der Waals surface area contributed by atoms with Gasteiger partial charge in [-0.1, -0.05) is 0 Å². The van der Waals surface area contributed by atoms with E-state index in [9.17, 15) is 4.79 Å². The molecular weight excluding hydrogens is 282 g/mol. The van der Waals surface area contributed by atoms with Crippen molar-refractivity contribution >= 4 is 5.91 Å². The number of carbonyl (C=O) groups excluding carboxylic acids is 1. The predicted octanol–water partition coefficient (Wildman–Crippen LogP) is 1.31. The van der Waals surface area contributed by atoms with Crippen LogP contribution >= 0.6 is 0 Å². The number of aryl methyl sites for hydroxylation is 1. The molecule has 0 saturated carbocycles. The highest BCUT2D eigenvalue weighted by Gasteiger charge is 2.34. The fourth-order valence-electron chi connectivity index (χ4n) is 3.53. The molecule has 1 aromatic rings. The molecule has 2 aliphatic rings. The first-order valence-corrected chi connectivity index (χ1v) is 8.15. The van der Waals surface area contributed by atoms with Crippen molar-refractivity contribution in [3.63, 3.8) is 0 Å². The highest BCUT2D eigenvalue weighted by Crippen LogP contribution is 2.30. The summed E-state index contributed by atoms with van der Waals surface area (Å²) in [5.41, 5.74) is 2.36. The molecule has 1 aromatic heterocycles. The SMILES string of the molecule is CCOC[C@H]1CN(C(=O)C2CCOCC2)Cc2cnn(C)c21. The van der Waals surface area contributed by atoms with Crippen LogP contribution in [0.1, 0.15) is 36.9 Å². The van der Waals surface area contributed by atoms with Gasteiger partial charge in [-0.3, -0.25) is 9.48 Å². The van der Waals surface area contributed by atoms with E-state index in [1.807, 2.05) is 29.7 Å². The Balaban J connectivity index is 1.75. The lowest BCUT2D eigenvalue weighted by molar-refractivity contribution is -0.140. The Bertz CT molecular complexity index is 523. The largest absolute Gasteiger partial charge is 0.381 e. The number of fused-ring (bicyclic) bond motifs is 1. The molecule has 0 spiro atoms. The molecule has 122 valence electrons. The van der Waals surface area contributed by atoms with Gasteiger partial charge in [0.25, 0.3) is 0 Å². The van der Waals surface area contributed by atoms with Gasteiger partial charge in [0.15, 0.2) is 0 Å². The van der Waals surface area contributed by atoms with Crippen molar-refractivity contribution in [2.75, 3.05) is 33.0 Å². The molecule has 0 radical (unpaired) electrons. The summed E-state index contributed by atoms with van der Waals surface area (Å²) in [7, 11) is 1.97. The van der Waals surface area contributed by atoms with Crippen LogP contribution in [0.2, 0.25) is 0 Å². The molecule has 0 unspecified atom stereocenters. The quantitative estimate of drug-likeness (QED) is 0.841. The lowest BCUT2D eigenvalue weighted by atomic mass is 9.93. The summed E-state index contributed by atoms with van der Waals surface area (Å²) in [6.45, 7) is 6.12. The zero-order valence-corrected chi connectivity index (χ0v) is 13.5. The summed E-state index contributed by atoms with van der Waals surface area (Å²) in [4.78, 5) is 14.8. The molecule has 0 bridgehead atoms. The number of ether oxygens (including phenoxy) is 2. The number of hydrogen-bond acceptors (Lipinski definition) is 4. The minimum absolute atomic E-state index is 0.111. The molecule has 0 aliphatic carbocycles. The maximum absolute atomic E-state index is 12.8. The Labute approximate surface area is 131 Å². The molecule has 1 atom stereocenters. The van der Waals surface area contributed by atoms with Gasteiger partial charge in [-0.15, -0.1) is 0 Å². The second-order valence-corrected chi connectivity index (χ2v) is 6.14. The maximum Gasteiger partial charge on any atom is 0.226 e. The molecule has 1 amide bonds. The number of hydrogen-bond donors (Lipinski definition) is 0. The van der Waals surface area contributed by atoms with Crippen LogP contribution in [-0.4, -0.2) is 53.6 Å². The van der Waals surface area contributed by atoms with Gasteiger partial charge < -0.3 is 14.4 Å². The van der Waals surface area contributed by atoms with Gasteiger partial charge in [-0.2, -0.15) is 5.10 Å². The van der Waals surface area contributed by atoms with Gasteiger partial charge in [0.05, 0.1) is 18.5 Å². The van der Waals surface area contributed by atoms with Crippen molar-refractivity contribution in [3.05, 3.63) is 17.5 Å². The van der Waals surface area contributed by atoms with E-state index in [2.05, 4.69) is 5.10 Å². The molecule has 0 aromatic carbocycles. The smallest absolute Gasteiger partial charge is 0.226 e. The van der Waals surface area contributed by atoms with E-state index in [1.54, 1.807) is 0 Å². The Hall–Kier alpha value is -1.40. The Morgan fingerprint density at radius 2 is 2.23 bits per heavy atom. The van der Waals surface area contributed by atoms with Gasteiger partial charge in [-0.25, -0.2) is 0 Å². The third-order valence-corrected chi connectivity index (χ3v) is 4.66. The van der Waals surface area contributed by atoms with Crippen molar-refractivity contribution in [3.8, 4) is 0 Å². The normalized spacial score (nSPS) is 22.6. The average molecular weight is 307 g/mol. The highest BCUT2D eigenvalue weighted by atomic mass is 16.5. The topological polar surface area (TPSA) is 56.6 Å². The highest BCUT2D eigenvalue weighted by molar-refractivity contribution is 5.79.